The van der Waals surface area contributed by atoms with Crippen LogP contribution in [-0.4, -0.2) is 0 Å². The van der Waals surface area contributed by atoms with Crippen LogP contribution in [0.25, 0.3) is 12.2 Å². The first-order valence-corrected chi connectivity index (χ1v) is 15.4. The normalized spacial score (nSPS) is 29.8. The number of fused-ring (bicyclic) bond motifs is 2. The fourth-order valence-electron chi connectivity index (χ4n) is 6.46. The van der Waals surface area contributed by atoms with Crippen LogP contribution in [0.15, 0.2) is 60.7 Å². The molecule has 2 aliphatic carbocycles. The van der Waals surface area contributed by atoms with Gasteiger partial charge in [-0.1, -0.05) is 0 Å². The Morgan fingerprint density at radius 1 is 0.667 bits per heavy atom. The standard InChI is InChI=1S/C30H36.2ClH.Zr/c1-3-5-11-23(29-21-19-25-13-7-9-15-27(25)29)17-18-24(12-6-4-2)30-22-20-26-14-8-10-16-28(26)30;;;/h5-10,13-16,19-24,29-30H,3-4,11-12,17-18H2,1-2H3;2*1H;/q;;;+2/p-2. The van der Waals surface area contributed by atoms with Gasteiger partial charge in [0.15, 0.2) is 0 Å². The van der Waals surface area contributed by atoms with Gasteiger partial charge in [0.1, 0.15) is 0 Å². The van der Waals surface area contributed by atoms with Gasteiger partial charge in [0.05, 0.1) is 0 Å². The van der Waals surface area contributed by atoms with Gasteiger partial charge in [-0.25, -0.2) is 0 Å². The average molecular weight is 559 g/mol. The summed E-state index contributed by atoms with van der Waals surface area (Å²) in [6.45, 7) is 4.94. The summed E-state index contributed by atoms with van der Waals surface area (Å²) in [5.41, 5.74) is 6.13. The van der Waals surface area contributed by atoms with Crippen LogP contribution in [0.1, 0.15) is 86.5 Å². The molecule has 174 valence electrons. The second kappa shape index (κ2) is 12.4. The third-order valence-corrected chi connectivity index (χ3v) is 13.7. The van der Waals surface area contributed by atoms with Crippen molar-refractivity contribution in [1.29, 1.82) is 0 Å². The van der Waals surface area contributed by atoms with Crippen LogP contribution in [0.4, 0.5) is 0 Å². The van der Waals surface area contributed by atoms with E-state index in [1.54, 1.807) is 11.1 Å². The molecular weight excluding hydrogens is 522 g/mol. The van der Waals surface area contributed by atoms with Crippen molar-refractivity contribution in [2.24, 2.45) is 11.8 Å². The van der Waals surface area contributed by atoms with Gasteiger partial charge < -0.3 is 24.8 Å². The summed E-state index contributed by atoms with van der Waals surface area (Å²) in [4.78, 5) is 0. The van der Waals surface area contributed by atoms with Crippen LogP contribution >= 0.6 is 0 Å². The maximum absolute atomic E-state index is 2.54. The summed E-state index contributed by atoms with van der Waals surface area (Å²) < 4.78 is 2.09. The first-order valence-electron chi connectivity index (χ1n) is 12.6. The van der Waals surface area contributed by atoms with Crippen molar-refractivity contribution in [3.8, 4) is 0 Å². The Morgan fingerprint density at radius 3 is 1.52 bits per heavy atom. The fourth-order valence-corrected chi connectivity index (χ4v) is 11.4. The molecule has 6 atom stereocenters. The van der Waals surface area contributed by atoms with E-state index >= 15 is 0 Å². The second-order valence-corrected chi connectivity index (χ2v) is 14.8. The van der Waals surface area contributed by atoms with E-state index in [1.165, 1.54) is 49.7 Å². The second-order valence-electron chi connectivity index (χ2n) is 9.97. The number of rotatable bonds is 4. The number of benzene rings is 2. The molecule has 3 aliphatic rings. The summed E-state index contributed by atoms with van der Waals surface area (Å²) in [6, 6.07) is 18.3. The van der Waals surface area contributed by atoms with Crippen LogP contribution in [0.3, 0.4) is 0 Å². The van der Waals surface area contributed by atoms with Crippen LogP contribution in [0, 0.1) is 11.8 Å². The Balaban J connectivity index is 0.00000153. The number of allylic oxidation sites excluding steroid dienone is 2. The minimum absolute atomic E-state index is 0. The Kier molecular flexibility index (Phi) is 10.1. The minimum atomic E-state index is -0.392. The topological polar surface area (TPSA) is 0 Å². The van der Waals surface area contributed by atoms with Crippen molar-refractivity contribution in [2.45, 2.75) is 71.5 Å². The molecule has 1 fully saturated rings. The summed E-state index contributed by atoms with van der Waals surface area (Å²) in [5, 5.41) is 0. The molecule has 2 aromatic rings. The molecule has 6 unspecified atom stereocenters. The van der Waals surface area contributed by atoms with E-state index in [9.17, 15) is 0 Å². The summed E-state index contributed by atoms with van der Waals surface area (Å²) >= 11 is -0.392. The third-order valence-electron chi connectivity index (χ3n) is 8.23. The molecule has 0 aromatic heterocycles. The van der Waals surface area contributed by atoms with Gasteiger partial charge in [0, 0.05) is 0 Å². The van der Waals surface area contributed by atoms with E-state index in [4.69, 9.17) is 0 Å². The van der Waals surface area contributed by atoms with Crippen molar-refractivity contribution in [3.63, 3.8) is 0 Å². The molecule has 0 nitrogen and oxygen atoms in total. The molecule has 0 radical (unpaired) electrons. The van der Waals surface area contributed by atoms with Crippen molar-refractivity contribution >= 4 is 12.2 Å². The van der Waals surface area contributed by atoms with Crippen molar-refractivity contribution in [3.05, 3.63) is 82.9 Å². The Labute approximate surface area is 225 Å². The smallest absolute Gasteiger partial charge is 1.00 e. The molecule has 0 saturated carbocycles. The molecule has 1 saturated heterocycles. The van der Waals surface area contributed by atoms with Crippen LogP contribution in [0.2, 0.25) is 7.25 Å². The van der Waals surface area contributed by atoms with E-state index in [0.717, 1.165) is 19.1 Å². The first-order chi connectivity index (χ1) is 15.3. The predicted molar refractivity (Wildman–Crippen MR) is 130 cm³/mol. The molecule has 2 aromatic carbocycles. The zero-order valence-corrected chi connectivity index (χ0v) is 23.9. The van der Waals surface area contributed by atoms with E-state index in [1.807, 2.05) is 0 Å². The molecule has 1 aliphatic heterocycles. The molecule has 0 amide bonds. The van der Waals surface area contributed by atoms with Gasteiger partial charge in [-0.15, -0.1) is 0 Å². The molecule has 33 heavy (non-hydrogen) atoms. The minimum Gasteiger partial charge on any atom is -1.00 e. The van der Waals surface area contributed by atoms with Gasteiger partial charge in [-0.05, 0) is 0 Å². The van der Waals surface area contributed by atoms with Gasteiger partial charge in [-0.3, -0.25) is 0 Å². The average Bonchev–Trinajstić information content (AvgIpc) is 3.44. The maximum atomic E-state index is 2.54. The molecule has 0 spiro atoms. The summed E-state index contributed by atoms with van der Waals surface area (Å²) in [6.07, 6.45) is 18.5. The Hall–Kier alpha value is -0.617. The number of hydrogen-bond acceptors (Lipinski definition) is 0. The van der Waals surface area contributed by atoms with Crippen LogP contribution in [-0.2, 0) is 23.2 Å². The predicted octanol–water partition coefficient (Wildman–Crippen LogP) is 2.90. The molecular formula is C30H36Cl2Zr. The van der Waals surface area contributed by atoms with Crippen molar-refractivity contribution < 1.29 is 48.0 Å². The van der Waals surface area contributed by atoms with Crippen LogP contribution < -0.4 is 24.8 Å². The van der Waals surface area contributed by atoms with E-state index in [-0.39, 0.29) is 24.8 Å². The van der Waals surface area contributed by atoms with Crippen molar-refractivity contribution in [1.82, 2.24) is 0 Å². The first kappa shape index (κ1) is 27.0. The van der Waals surface area contributed by atoms with Gasteiger partial charge in [0.25, 0.3) is 0 Å². The Morgan fingerprint density at radius 2 is 1.09 bits per heavy atom. The van der Waals surface area contributed by atoms with Crippen molar-refractivity contribution in [2.75, 3.05) is 0 Å². The van der Waals surface area contributed by atoms with Gasteiger partial charge in [-0.2, -0.15) is 0 Å². The van der Waals surface area contributed by atoms with E-state index in [2.05, 4.69) is 86.7 Å². The van der Waals surface area contributed by atoms with E-state index in [0.29, 0.717) is 11.8 Å². The zero-order valence-electron chi connectivity index (χ0n) is 19.9. The monoisotopic (exact) mass is 556 g/mol. The number of halogens is 2. The molecule has 0 N–H and O–H groups in total. The van der Waals surface area contributed by atoms with E-state index < -0.39 is 23.2 Å². The van der Waals surface area contributed by atoms with Crippen LogP contribution in [0.5, 0.6) is 0 Å². The molecule has 3 heteroatoms. The Bertz CT molecular complexity index is 888. The third kappa shape index (κ3) is 5.79. The molecule has 0 bridgehead atoms. The fraction of sp³-hybridized carbons (Fsp3) is 0.467. The summed E-state index contributed by atoms with van der Waals surface area (Å²) in [7, 11) is 0. The van der Waals surface area contributed by atoms with Gasteiger partial charge >= 0.3 is 202 Å². The zero-order chi connectivity index (χ0) is 21.2. The molecule has 5 rings (SSSR count). The largest absolute Gasteiger partial charge is 1.00 e. The maximum Gasteiger partial charge on any atom is -1.00 e. The quantitative estimate of drug-likeness (QED) is 0.542. The number of hydrogen-bond donors (Lipinski definition) is 0. The van der Waals surface area contributed by atoms with Gasteiger partial charge in [0.2, 0.25) is 0 Å². The SMILES string of the molecule is CC[CH]1CC(C2C=Cc3ccccc32)CCC(C2C=Cc3ccccc32)C[CH](CC)[Zr+2]1.[Cl-].[Cl-]. The molecule has 1 heterocycles. The summed E-state index contributed by atoms with van der Waals surface area (Å²) in [5.74, 6) is 2.94.